The summed E-state index contributed by atoms with van der Waals surface area (Å²) in [4.78, 5) is 20.9. The van der Waals surface area contributed by atoms with Crippen LogP contribution in [0.15, 0.2) is 0 Å². The number of carbonyl (C=O) groups excluding carboxylic acids is 2. The van der Waals surface area contributed by atoms with Crippen molar-refractivity contribution in [3.8, 4) is 0 Å². The van der Waals surface area contributed by atoms with E-state index in [1.54, 1.807) is 6.92 Å². The van der Waals surface area contributed by atoms with Crippen LogP contribution in [0.2, 0.25) is 0 Å². The van der Waals surface area contributed by atoms with Gasteiger partial charge < -0.3 is 10.0 Å². The van der Waals surface area contributed by atoms with Gasteiger partial charge in [-0.3, -0.25) is 4.79 Å². The van der Waals surface area contributed by atoms with Gasteiger partial charge in [0.25, 0.3) is 5.78 Å². The molecular weight excluding hydrogens is 158 g/mol. The van der Waals surface area contributed by atoms with Crippen LogP contribution < -0.4 is 5.73 Å². The Hall–Kier alpha value is -0.610. The van der Waals surface area contributed by atoms with Crippen LogP contribution >= 0.6 is 11.9 Å². The number of hydrogen-bond acceptors (Lipinski definition) is 4. The molecule has 0 aromatic rings. The van der Waals surface area contributed by atoms with Crippen molar-refractivity contribution in [1.82, 2.24) is 0 Å². The third kappa shape index (κ3) is 2.33. The van der Waals surface area contributed by atoms with Crippen LogP contribution in [0.5, 0.6) is 0 Å². The molecule has 0 aliphatic carbocycles. The van der Waals surface area contributed by atoms with Crippen LogP contribution in [-0.2, 0) is 13.9 Å². The highest BCUT2D eigenvalue weighted by Crippen LogP contribution is 1.92. The number of ketones is 1. The highest BCUT2D eigenvalue weighted by Gasteiger charge is 2.21. The predicted octanol–water partition coefficient (Wildman–Crippen LogP) is -0.0102. The van der Waals surface area contributed by atoms with Crippen LogP contribution in [0.1, 0.15) is 13.3 Å². The molecule has 0 aromatic heterocycles. The molecule has 5 heteroatoms. The van der Waals surface area contributed by atoms with Crippen molar-refractivity contribution in [3.05, 3.63) is 0 Å². The molecule has 0 amide bonds. The Morgan fingerprint density at radius 3 is 2.50 bits per heavy atom. The lowest BCUT2D eigenvalue weighted by Gasteiger charge is -2.01. The van der Waals surface area contributed by atoms with Gasteiger partial charge in [-0.25, -0.2) is 4.79 Å². The zero-order valence-corrected chi connectivity index (χ0v) is 6.22. The maximum absolute atomic E-state index is 10.6. The largest absolute Gasteiger partial charge is 0.394 e. The summed E-state index contributed by atoms with van der Waals surface area (Å²) in [5.74, 6) is -1.89. The summed E-state index contributed by atoms with van der Waals surface area (Å²) in [6.07, 6.45) is 0.394. The molecule has 0 saturated heterocycles. The number of nitrogens with two attached hydrogens (primary N) is 1. The van der Waals surface area contributed by atoms with Gasteiger partial charge in [-0.2, -0.15) is 0 Å². The quantitative estimate of drug-likeness (QED) is 0.598. The van der Waals surface area contributed by atoms with E-state index in [0.29, 0.717) is 6.42 Å². The van der Waals surface area contributed by atoms with Crippen molar-refractivity contribution >= 4 is 23.6 Å². The molecule has 4 nitrogen and oxygen atoms in total. The van der Waals surface area contributed by atoms with Crippen molar-refractivity contribution in [2.45, 2.75) is 19.4 Å². The zero-order chi connectivity index (χ0) is 8.15. The van der Waals surface area contributed by atoms with Crippen LogP contribution in [-0.4, -0.2) is 17.8 Å². The first-order valence-electron chi connectivity index (χ1n) is 2.75. The third-order valence-electron chi connectivity index (χ3n) is 1.05. The molecule has 0 fully saturated rings. The molecule has 58 valence electrons. The van der Waals surface area contributed by atoms with E-state index in [4.69, 9.17) is 5.73 Å². The number of halogens is 1. The van der Waals surface area contributed by atoms with Gasteiger partial charge in [0.15, 0.2) is 0 Å². The predicted molar refractivity (Wildman–Crippen MR) is 35.2 cm³/mol. The van der Waals surface area contributed by atoms with Crippen molar-refractivity contribution < 1.29 is 13.9 Å². The number of rotatable bonds is 3. The molecule has 1 unspecified atom stereocenters. The molecule has 0 aliphatic rings. The van der Waals surface area contributed by atoms with Crippen molar-refractivity contribution in [2.75, 3.05) is 0 Å². The smallest absolute Gasteiger partial charge is 0.341 e. The SMILES string of the molecule is CCC(N)C(=O)C(=O)OCl. The zero-order valence-electron chi connectivity index (χ0n) is 5.46. The first kappa shape index (κ1) is 9.39. The fraction of sp³-hybridized carbons (Fsp3) is 0.600. The lowest BCUT2D eigenvalue weighted by molar-refractivity contribution is -0.147. The van der Waals surface area contributed by atoms with Gasteiger partial charge in [0.05, 0.1) is 6.04 Å². The highest BCUT2D eigenvalue weighted by atomic mass is 35.5. The summed E-state index contributed by atoms with van der Waals surface area (Å²) in [6, 6.07) is -0.800. The topological polar surface area (TPSA) is 69.4 Å². The Morgan fingerprint density at radius 2 is 2.20 bits per heavy atom. The summed E-state index contributed by atoms with van der Waals surface area (Å²) in [5.41, 5.74) is 5.18. The first-order valence-corrected chi connectivity index (χ1v) is 3.06. The summed E-state index contributed by atoms with van der Waals surface area (Å²) in [5, 5.41) is 0. The van der Waals surface area contributed by atoms with Crippen LogP contribution in [0, 0.1) is 0 Å². The van der Waals surface area contributed by atoms with Gasteiger partial charge >= 0.3 is 5.97 Å². The first-order chi connectivity index (χ1) is 4.63. The second-order valence-corrected chi connectivity index (χ2v) is 1.90. The Balaban J connectivity index is 3.95. The van der Waals surface area contributed by atoms with E-state index in [1.807, 2.05) is 0 Å². The highest BCUT2D eigenvalue weighted by molar-refractivity contribution is 6.39. The second kappa shape index (κ2) is 4.24. The van der Waals surface area contributed by atoms with E-state index >= 15 is 0 Å². The molecule has 0 heterocycles. The summed E-state index contributed by atoms with van der Waals surface area (Å²) in [6.45, 7) is 1.68. The maximum atomic E-state index is 10.6. The third-order valence-corrected chi connectivity index (χ3v) is 1.19. The molecule has 0 spiro atoms. The van der Waals surface area contributed by atoms with Gasteiger partial charge in [-0.1, -0.05) is 6.92 Å². The maximum Gasteiger partial charge on any atom is 0.394 e. The molecule has 10 heavy (non-hydrogen) atoms. The van der Waals surface area contributed by atoms with E-state index in [-0.39, 0.29) is 0 Å². The van der Waals surface area contributed by atoms with Gasteiger partial charge in [0.1, 0.15) is 11.9 Å². The number of hydrogen-bond donors (Lipinski definition) is 1. The Kier molecular flexibility index (Phi) is 3.99. The van der Waals surface area contributed by atoms with Crippen molar-refractivity contribution in [1.29, 1.82) is 0 Å². The molecule has 2 N–H and O–H groups in total. The fourth-order valence-corrected chi connectivity index (χ4v) is 0.451. The molecule has 0 aromatic carbocycles. The molecule has 0 radical (unpaired) electrons. The van der Waals surface area contributed by atoms with E-state index in [2.05, 4.69) is 16.2 Å². The van der Waals surface area contributed by atoms with Crippen LogP contribution in [0.3, 0.4) is 0 Å². The van der Waals surface area contributed by atoms with Crippen LogP contribution in [0.25, 0.3) is 0 Å². The lowest BCUT2D eigenvalue weighted by Crippen LogP contribution is -2.35. The summed E-state index contributed by atoms with van der Waals surface area (Å²) >= 11 is 4.62. The van der Waals surface area contributed by atoms with E-state index in [1.165, 1.54) is 0 Å². The lowest BCUT2D eigenvalue weighted by atomic mass is 10.1. The molecule has 1 atom stereocenters. The minimum Gasteiger partial charge on any atom is -0.341 e. The minimum absolute atomic E-state index is 0.394. The average Bonchev–Trinajstić information content (AvgIpc) is 2.00. The molecule has 0 bridgehead atoms. The monoisotopic (exact) mass is 165 g/mol. The molecular formula is C5H8ClNO3. The average molecular weight is 166 g/mol. The van der Waals surface area contributed by atoms with Crippen molar-refractivity contribution in [3.63, 3.8) is 0 Å². The Morgan fingerprint density at radius 1 is 1.70 bits per heavy atom. The molecule has 0 rings (SSSR count). The minimum atomic E-state index is -1.10. The fourth-order valence-electron chi connectivity index (χ4n) is 0.375. The summed E-state index contributed by atoms with van der Waals surface area (Å²) < 4.78 is 3.64. The van der Waals surface area contributed by atoms with Gasteiger partial charge in [0.2, 0.25) is 0 Å². The molecule has 0 saturated carbocycles. The number of Topliss-reactive ketones (excluding diaryl/α,β-unsaturated/α-hetero) is 1. The van der Waals surface area contributed by atoms with Gasteiger partial charge in [-0.05, 0) is 6.42 Å². The van der Waals surface area contributed by atoms with E-state index in [9.17, 15) is 9.59 Å². The standard InChI is InChI=1S/C5H8ClNO3/c1-2-3(7)4(8)5(9)10-6/h3H,2,7H2,1H3. The van der Waals surface area contributed by atoms with Gasteiger partial charge in [-0.15, -0.1) is 0 Å². The van der Waals surface area contributed by atoms with E-state index in [0.717, 1.165) is 0 Å². The van der Waals surface area contributed by atoms with Crippen molar-refractivity contribution in [2.24, 2.45) is 5.73 Å². The Labute approximate surface area is 63.5 Å². The van der Waals surface area contributed by atoms with Crippen LogP contribution in [0.4, 0.5) is 0 Å². The Bertz CT molecular complexity index is 148. The summed E-state index contributed by atoms with van der Waals surface area (Å²) in [7, 11) is 0. The van der Waals surface area contributed by atoms with E-state index < -0.39 is 17.8 Å². The second-order valence-electron chi connectivity index (χ2n) is 1.74. The normalized spacial score (nSPS) is 12.3. The molecule has 0 aliphatic heterocycles. The number of carbonyl (C=O) groups is 2. The van der Waals surface area contributed by atoms with Gasteiger partial charge in [0, 0.05) is 0 Å².